The van der Waals surface area contributed by atoms with Crippen molar-refractivity contribution in [1.82, 2.24) is 30.1 Å². The Bertz CT molecular complexity index is 1410. The number of fused-ring (bicyclic) bond motifs is 2. The van der Waals surface area contributed by atoms with Crippen molar-refractivity contribution in [2.24, 2.45) is 0 Å². The molecule has 0 saturated heterocycles. The molecular formula is C27H32N6O4. The average Bonchev–Trinajstić information content (AvgIpc) is 3.36. The van der Waals surface area contributed by atoms with E-state index in [9.17, 15) is 4.79 Å². The normalized spacial score (nSPS) is 13.8. The maximum Gasteiger partial charge on any atom is 0.252 e. The molecule has 1 aliphatic rings. The Morgan fingerprint density at radius 2 is 1.86 bits per heavy atom. The fourth-order valence-electron chi connectivity index (χ4n) is 4.72. The zero-order valence-corrected chi connectivity index (χ0v) is 21.4. The number of nitrogens with zero attached hydrogens (tertiary/aromatic N) is 5. The van der Waals surface area contributed by atoms with E-state index >= 15 is 0 Å². The van der Waals surface area contributed by atoms with Crippen molar-refractivity contribution in [1.29, 1.82) is 0 Å². The van der Waals surface area contributed by atoms with E-state index in [0.717, 1.165) is 28.7 Å². The van der Waals surface area contributed by atoms with Gasteiger partial charge in [-0.25, -0.2) is 4.68 Å². The topological polar surface area (TPSA) is 107 Å². The molecule has 2 aromatic heterocycles. The summed E-state index contributed by atoms with van der Waals surface area (Å²) in [5, 5.41) is 13.4. The molecule has 0 radical (unpaired) electrons. The highest BCUT2D eigenvalue weighted by molar-refractivity contribution is 5.83. The van der Waals surface area contributed by atoms with E-state index in [4.69, 9.17) is 14.2 Å². The van der Waals surface area contributed by atoms with Crippen LogP contribution in [0.25, 0.3) is 10.9 Å². The number of pyridine rings is 1. The number of methoxy groups -OCH3 is 1. The second-order valence-corrected chi connectivity index (χ2v) is 9.27. The second kappa shape index (κ2) is 11.1. The fraction of sp³-hybridized carbons (Fsp3) is 0.407. The summed E-state index contributed by atoms with van der Waals surface area (Å²) < 4.78 is 18.5. The van der Waals surface area contributed by atoms with Gasteiger partial charge in [0, 0.05) is 37.2 Å². The number of H-pyrrole nitrogens is 1. The van der Waals surface area contributed by atoms with Crippen LogP contribution in [-0.4, -0.2) is 57.0 Å². The zero-order valence-electron chi connectivity index (χ0n) is 21.4. The molecule has 0 spiro atoms. The van der Waals surface area contributed by atoms with Crippen LogP contribution in [0.2, 0.25) is 0 Å². The van der Waals surface area contributed by atoms with Crippen molar-refractivity contribution in [3.63, 3.8) is 0 Å². The Morgan fingerprint density at radius 3 is 2.59 bits per heavy atom. The molecule has 37 heavy (non-hydrogen) atoms. The van der Waals surface area contributed by atoms with Gasteiger partial charge in [0.2, 0.25) is 0 Å². The van der Waals surface area contributed by atoms with Gasteiger partial charge in [-0.2, -0.15) is 0 Å². The number of aromatic nitrogens is 5. The molecule has 1 aliphatic heterocycles. The predicted octanol–water partition coefficient (Wildman–Crippen LogP) is 3.39. The van der Waals surface area contributed by atoms with Crippen molar-refractivity contribution in [3.05, 3.63) is 75.3 Å². The van der Waals surface area contributed by atoms with Gasteiger partial charge in [-0.3, -0.25) is 9.69 Å². The number of ether oxygens (including phenoxy) is 3. The first-order valence-corrected chi connectivity index (χ1v) is 12.6. The van der Waals surface area contributed by atoms with Gasteiger partial charge in [0.15, 0.2) is 17.3 Å². The van der Waals surface area contributed by atoms with Crippen LogP contribution in [0.3, 0.4) is 0 Å². The molecule has 0 bridgehead atoms. The Labute approximate surface area is 215 Å². The molecule has 1 atom stereocenters. The van der Waals surface area contributed by atoms with Crippen LogP contribution in [0.5, 0.6) is 11.5 Å². The quantitative estimate of drug-likeness (QED) is 0.350. The number of benzene rings is 2. The van der Waals surface area contributed by atoms with E-state index in [0.29, 0.717) is 56.5 Å². The fourth-order valence-corrected chi connectivity index (χ4v) is 4.72. The summed E-state index contributed by atoms with van der Waals surface area (Å²) in [4.78, 5) is 18.5. The highest BCUT2D eigenvalue weighted by Gasteiger charge is 2.26. The number of nitrogens with one attached hydrogen (secondary N) is 1. The SMILES string of the molecule is CC[C@@H](c1nnnn1CCOC)N(Cc1ccc(C)cc1)Cc1cc2cc3c(cc2[nH]c1=O)OCCO3. The van der Waals surface area contributed by atoms with Gasteiger partial charge in [0.1, 0.15) is 13.2 Å². The number of aryl methyl sites for hydroxylation is 1. The maximum absolute atomic E-state index is 13.2. The first-order chi connectivity index (χ1) is 18.1. The lowest BCUT2D eigenvalue weighted by Crippen LogP contribution is -2.32. The zero-order chi connectivity index (χ0) is 25.8. The van der Waals surface area contributed by atoms with Crippen LogP contribution in [0.15, 0.2) is 47.3 Å². The van der Waals surface area contributed by atoms with Gasteiger partial charge in [0.05, 0.1) is 24.7 Å². The number of hydrogen-bond acceptors (Lipinski definition) is 8. The Morgan fingerprint density at radius 1 is 1.11 bits per heavy atom. The van der Waals surface area contributed by atoms with E-state index in [1.807, 2.05) is 18.2 Å². The molecule has 2 aromatic carbocycles. The monoisotopic (exact) mass is 504 g/mol. The third-order valence-electron chi connectivity index (χ3n) is 6.66. The second-order valence-electron chi connectivity index (χ2n) is 9.27. The van der Waals surface area contributed by atoms with Crippen molar-refractivity contribution in [2.75, 3.05) is 26.9 Å². The first kappa shape index (κ1) is 24.9. The lowest BCUT2D eigenvalue weighted by atomic mass is 10.1. The Hall–Kier alpha value is -3.76. The van der Waals surface area contributed by atoms with Gasteiger partial charge >= 0.3 is 0 Å². The van der Waals surface area contributed by atoms with Gasteiger partial charge in [-0.1, -0.05) is 36.8 Å². The van der Waals surface area contributed by atoms with Crippen LogP contribution < -0.4 is 15.0 Å². The van der Waals surface area contributed by atoms with Crippen LogP contribution in [0.4, 0.5) is 0 Å². The summed E-state index contributed by atoms with van der Waals surface area (Å²) in [6.45, 7) is 7.30. The number of hydrogen-bond donors (Lipinski definition) is 1. The highest BCUT2D eigenvalue weighted by Crippen LogP contribution is 2.34. The van der Waals surface area contributed by atoms with Crippen LogP contribution in [0.1, 0.15) is 41.9 Å². The molecule has 0 unspecified atom stereocenters. The minimum Gasteiger partial charge on any atom is -0.486 e. The molecule has 0 amide bonds. The molecule has 0 aliphatic carbocycles. The molecule has 0 fully saturated rings. The van der Waals surface area contributed by atoms with Crippen molar-refractivity contribution >= 4 is 10.9 Å². The first-order valence-electron chi connectivity index (χ1n) is 12.6. The molecule has 4 aromatic rings. The highest BCUT2D eigenvalue weighted by atomic mass is 16.6. The molecule has 194 valence electrons. The van der Waals surface area contributed by atoms with E-state index in [-0.39, 0.29) is 11.6 Å². The molecule has 0 saturated carbocycles. The molecule has 3 heterocycles. The Kier molecular flexibility index (Phi) is 7.47. The van der Waals surface area contributed by atoms with E-state index in [2.05, 4.69) is 63.5 Å². The van der Waals surface area contributed by atoms with Crippen LogP contribution in [-0.2, 0) is 24.4 Å². The lowest BCUT2D eigenvalue weighted by Gasteiger charge is -2.30. The Balaban J connectivity index is 1.52. The average molecular weight is 505 g/mol. The van der Waals surface area contributed by atoms with E-state index in [1.165, 1.54) is 5.56 Å². The maximum atomic E-state index is 13.2. The number of aromatic amines is 1. The predicted molar refractivity (Wildman–Crippen MR) is 139 cm³/mol. The van der Waals surface area contributed by atoms with Gasteiger partial charge in [-0.05, 0) is 41.5 Å². The number of rotatable bonds is 10. The summed E-state index contributed by atoms with van der Waals surface area (Å²) >= 11 is 0. The third-order valence-corrected chi connectivity index (χ3v) is 6.66. The van der Waals surface area contributed by atoms with Crippen LogP contribution in [0, 0.1) is 6.92 Å². The van der Waals surface area contributed by atoms with Crippen molar-refractivity contribution < 1.29 is 14.2 Å². The molecule has 10 heteroatoms. The smallest absolute Gasteiger partial charge is 0.252 e. The van der Waals surface area contributed by atoms with Gasteiger partial charge < -0.3 is 19.2 Å². The van der Waals surface area contributed by atoms with Gasteiger partial charge in [0.25, 0.3) is 5.56 Å². The number of tetrazole rings is 1. The molecular weight excluding hydrogens is 472 g/mol. The molecule has 1 N–H and O–H groups in total. The summed E-state index contributed by atoms with van der Waals surface area (Å²) in [6, 6.07) is 14.0. The molecule has 10 nitrogen and oxygen atoms in total. The van der Waals surface area contributed by atoms with Gasteiger partial charge in [-0.15, -0.1) is 5.10 Å². The lowest BCUT2D eigenvalue weighted by molar-refractivity contribution is 0.151. The van der Waals surface area contributed by atoms with E-state index < -0.39 is 0 Å². The largest absolute Gasteiger partial charge is 0.486 e. The standard InChI is InChI=1S/C27H32N6O4/c1-4-23(26-29-30-31-33(26)9-10-35-3)32(16-19-7-5-18(2)6-8-19)17-21-13-20-14-24-25(37-12-11-36-24)15-22(20)28-27(21)34/h5-8,13-15,23H,4,9-12,16-17H2,1-3H3,(H,28,34)/t23-/m0/s1. The summed E-state index contributed by atoms with van der Waals surface area (Å²) in [7, 11) is 1.66. The van der Waals surface area contributed by atoms with E-state index in [1.54, 1.807) is 11.8 Å². The minimum absolute atomic E-state index is 0.108. The minimum atomic E-state index is -0.132. The van der Waals surface area contributed by atoms with Crippen LogP contribution >= 0.6 is 0 Å². The third kappa shape index (κ3) is 5.50. The molecule has 5 rings (SSSR count). The van der Waals surface area contributed by atoms with Crippen molar-refractivity contribution in [2.45, 2.75) is 45.9 Å². The summed E-state index contributed by atoms with van der Waals surface area (Å²) in [6.07, 6.45) is 0.767. The van der Waals surface area contributed by atoms with Crippen molar-refractivity contribution in [3.8, 4) is 11.5 Å². The summed E-state index contributed by atoms with van der Waals surface area (Å²) in [5.41, 5.74) is 3.60. The summed E-state index contributed by atoms with van der Waals surface area (Å²) in [5.74, 6) is 2.10.